The van der Waals surface area contributed by atoms with E-state index in [1.54, 1.807) is 0 Å². The van der Waals surface area contributed by atoms with E-state index >= 15 is 0 Å². The van der Waals surface area contributed by atoms with Gasteiger partial charge in [-0.2, -0.15) is 0 Å². The third-order valence-corrected chi connectivity index (χ3v) is 2.57. The molecule has 0 heterocycles. The van der Waals surface area contributed by atoms with Crippen LogP contribution in [-0.2, 0) is 4.74 Å². The molecule has 0 unspecified atom stereocenters. The number of carbonyl (C=O) groups excluding carboxylic acids is 1. The van der Waals surface area contributed by atoms with Crippen LogP contribution in [0.15, 0.2) is 54.6 Å². The van der Waals surface area contributed by atoms with Crippen LogP contribution in [0.1, 0.15) is 10.4 Å². The zero-order chi connectivity index (χ0) is 12.1. The van der Waals surface area contributed by atoms with Crippen LogP contribution in [0, 0.1) is 0 Å². The fourth-order valence-corrected chi connectivity index (χ4v) is 1.72. The van der Waals surface area contributed by atoms with Gasteiger partial charge in [-0.3, -0.25) is 4.79 Å². The van der Waals surface area contributed by atoms with Gasteiger partial charge in [0.1, 0.15) is 6.61 Å². The van der Waals surface area contributed by atoms with E-state index in [9.17, 15) is 4.79 Å². The van der Waals surface area contributed by atoms with Gasteiger partial charge in [-0.05, 0) is 17.2 Å². The molecule has 0 N–H and O–H groups in total. The molecule has 0 spiro atoms. The molecular weight excluding hydrogens is 212 g/mol. The monoisotopic (exact) mass is 226 g/mol. The Kier molecular flexibility index (Phi) is 3.68. The summed E-state index contributed by atoms with van der Waals surface area (Å²) in [4.78, 5) is 11.7. The Balaban J connectivity index is 2.32. The molecule has 0 aliphatic heterocycles. The standard InChI is InChI=1S/C15H14O2/c1-17-11-15(16)14-9-5-8-13(10-14)12-6-3-2-4-7-12/h2-10H,11H2,1H3. The summed E-state index contributed by atoms with van der Waals surface area (Å²) in [5, 5.41) is 0. The van der Waals surface area contributed by atoms with Crippen molar-refractivity contribution in [1.29, 1.82) is 0 Å². The van der Waals surface area contributed by atoms with E-state index < -0.39 is 0 Å². The first-order chi connectivity index (χ1) is 8.31. The van der Waals surface area contributed by atoms with Crippen LogP contribution >= 0.6 is 0 Å². The topological polar surface area (TPSA) is 26.3 Å². The Morgan fingerprint density at radius 1 is 1.00 bits per heavy atom. The maximum absolute atomic E-state index is 11.7. The molecule has 0 fully saturated rings. The molecule has 2 heteroatoms. The van der Waals surface area contributed by atoms with Gasteiger partial charge in [-0.25, -0.2) is 0 Å². The Morgan fingerprint density at radius 2 is 1.71 bits per heavy atom. The van der Waals surface area contributed by atoms with Crippen LogP contribution in [0.3, 0.4) is 0 Å². The molecule has 2 nitrogen and oxygen atoms in total. The minimum Gasteiger partial charge on any atom is -0.377 e. The molecule has 2 aromatic carbocycles. The molecule has 0 atom stereocenters. The predicted octanol–water partition coefficient (Wildman–Crippen LogP) is 3.18. The van der Waals surface area contributed by atoms with Gasteiger partial charge in [-0.15, -0.1) is 0 Å². The summed E-state index contributed by atoms with van der Waals surface area (Å²) in [5.41, 5.74) is 2.85. The van der Waals surface area contributed by atoms with Crippen molar-refractivity contribution < 1.29 is 9.53 Å². The second-order valence-corrected chi connectivity index (χ2v) is 3.80. The quantitative estimate of drug-likeness (QED) is 0.748. The third-order valence-electron chi connectivity index (χ3n) is 2.57. The fraction of sp³-hybridized carbons (Fsp3) is 0.133. The Labute approximate surface area is 101 Å². The van der Waals surface area contributed by atoms with E-state index in [0.717, 1.165) is 11.1 Å². The first-order valence-corrected chi connectivity index (χ1v) is 5.49. The van der Waals surface area contributed by atoms with Crippen molar-refractivity contribution >= 4 is 5.78 Å². The highest BCUT2D eigenvalue weighted by Gasteiger charge is 2.06. The Hall–Kier alpha value is -1.93. The molecule has 0 amide bonds. The number of methoxy groups -OCH3 is 1. The van der Waals surface area contributed by atoms with E-state index in [1.165, 1.54) is 7.11 Å². The second kappa shape index (κ2) is 5.41. The zero-order valence-corrected chi connectivity index (χ0v) is 9.72. The average molecular weight is 226 g/mol. The highest BCUT2D eigenvalue weighted by atomic mass is 16.5. The van der Waals surface area contributed by atoms with Gasteiger partial charge in [0, 0.05) is 12.7 Å². The predicted molar refractivity (Wildman–Crippen MR) is 68.1 cm³/mol. The summed E-state index contributed by atoms with van der Waals surface area (Å²) in [5.74, 6) is 0.00489. The molecule has 0 aliphatic rings. The van der Waals surface area contributed by atoms with Crippen molar-refractivity contribution in [3.05, 3.63) is 60.2 Å². The van der Waals surface area contributed by atoms with Crippen LogP contribution < -0.4 is 0 Å². The minimum absolute atomic E-state index is 0.00489. The van der Waals surface area contributed by atoms with E-state index in [-0.39, 0.29) is 12.4 Å². The van der Waals surface area contributed by atoms with Crippen molar-refractivity contribution in [2.45, 2.75) is 0 Å². The van der Waals surface area contributed by atoms with Crippen LogP contribution in [-0.4, -0.2) is 19.5 Å². The van der Waals surface area contributed by atoms with Gasteiger partial charge in [0.2, 0.25) is 0 Å². The maximum Gasteiger partial charge on any atom is 0.188 e. The Bertz CT molecular complexity index is 503. The lowest BCUT2D eigenvalue weighted by atomic mass is 10.0. The SMILES string of the molecule is COCC(=O)c1cccc(-c2ccccc2)c1. The molecule has 0 radical (unpaired) electrons. The molecule has 2 rings (SSSR count). The molecular formula is C15H14O2. The first kappa shape index (κ1) is 11.6. The van der Waals surface area contributed by atoms with E-state index in [1.807, 2.05) is 54.6 Å². The number of ketones is 1. The number of carbonyl (C=O) groups is 1. The van der Waals surface area contributed by atoms with Gasteiger partial charge in [-0.1, -0.05) is 48.5 Å². The van der Waals surface area contributed by atoms with Crippen LogP contribution in [0.4, 0.5) is 0 Å². The lowest BCUT2D eigenvalue weighted by Crippen LogP contribution is -2.06. The highest BCUT2D eigenvalue weighted by Crippen LogP contribution is 2.20. The fourth-order valence-electron chi connectivity index (χ4n) is 1.72. The van der Waals surface area contributed by atoms with Gasteiger partial charge in [0.25, 0.3) is 0 Å². The third kappa shape index (κ3) is 2.80. The number of benzene rings is 2. The summed E-state index contributed by atoms with van der Waals surface area (Å²) < 4.78 is 4.85. The van der Waals surface area contributed by atoms with E-state index in [4.69, 9.17) is 4.74 Å². The Morgan fingerprint density at radius 3 is 2.41 bits per heavy atom. The summed E-state index contributed by atoms with van der Waals surface area (Å²) in [6.07, 6.45) is 0. The van der Waals surface area contributed by atoms with Crippen LogP contribution in [0.25, 0.3) is 11.1 Å². The lowest BCUT2D eigenvalue weighted by Gasteiger charge is -2.04. The molecule has 17 heavy (non-hydrogen) atoms. The summed E-state index contributed by atoms with van der Waals surface area (Å²) in [6, 6.07) is 17.6. The van der Waals surface area contributed by atoms with Gasteiger partial charge in [0.15, 0.2) is 5.78 Å². The molecule has 0 saturated carbocycles. The number of ether oxygens (including phenoxy) is 1. The largest absolute Gasteiger partial charge is 0.377 e. The maximum atomic E-state index is 11.7. The summed E-state index contributed by atoms with van der Waals surface area (Å²) in [6.45, 7) is 0.123. The highest BCUT2D eigenvalue weighted by molar-refractivity contribution is 5.98. The molecule has 0 bridgehead atoms. The number of Topliss-reactive ketones (excluding diaryl/α,β-unsaturated/α-hetero) is 1. The van der Waals surface area contributed by atoms with Crippen LogP contribution in [0.5, 0.6) is 0 Å². The molecule has 0 aromatic heterocycles. The number of hydrogen-bond donors (Lipinski definition) is 0. The smallest absolute Gasteiger partial charge is 0.188 e. The number of hydrogen-bond acceptors (Lipinski definition) is 2. The van der Waals surface area contributed by atoms with Gasteiger partial charge in [0.05, 0.1) is 0 Å². The van der Waals surface area contributed by atoms with Gasteiger partial charge < -0.3 is 4.74 Å². The van der Waals surface area contributed by atoms with E-state index in [0.29, 0.717) is 5.56 Å². The van der Waals surface area contributed by atoms with Crippen molar-refractivity contribution in [2.24, 2.45) is 0 Å². The van der Waals surface area contributed by atoms with Crippen molar-refractivity contribution in [1.82, 2.24) is 0 Å². The van der Waals surface area contributed by atoms with Gasteiger partial charge >= 0.3 is 0 Å². The van der Waals surface area contributed by atoms with E-state index in [2.05, 4.69) is 0 Å². The molecule has 86 valence electrons. The van der Waals surface area contributed by atoms with Crippen LogP contribution in [0.2, 0.25) is 0 Å². The number of rotatable bonds is 4. The lowest BCUT2D eigenvalue weighted by molar-refractivity contribution is 0.0848. The molecule has 2 aromatic rings. The average Bonchev–Trinajstić information content (AvgIpc) is 2.40. The second-order valence-electron chi connectivity index (χ2n) is 3.80. The molecule has 0 saturated heterocycles. The van der Waals surface area contributed by atoms with Crippen molar-refractivity contribution in [2.75, 3.05) is 13.7 Å². The van der Waals surface area contributed by atoms with Crippen molar-refractivity contribution in [3.8, 4) is 11.1 Å². The van der Waals surface area contributed by atoms with Crippen molar-refractivity contribution in [3.63, 3.8) is 0 Å². The normalized spacial score (nSPS) is 10.2. The molecule has 0 aliphatic carbocycles. The first-order valence-electron chi connectivity index (χ1n) is 5.49. The summed E-state index contributed by atoms with van der Waals surface area (Å²) in [7, 11) is 1.53. The minimum atomic E-state index is 0.00489. The zero-order valence-electron chi connectivity index (χ0n) is 9.72. The summed E-state index contributed by atoms with van der Waals surface area (Å²) >= 11 is 0.